The zero-order chi connectivity index (χ0) is 21.5. The summed E-state index contributed by atoms with van der Waals surface area (Å²) in [6.07, 6.45) is 2.07. The highest BCUT2D eigenvalue weighted by molar-refractivity contribution is 7.99. The van der Waals surface area contributed by atoms with Crippen molar-refractivity contribution in [2.75, 3.05) is 39.0 Å². The lowest BCUT2D eigenvalue weighted by Gasteiger charge is -2.34. The van der Waals surface area contributed by atoms with Gasteiger partial charge in [-0.05, 0) is 30.7 Å². The van der Waals surface area contributed by atoms with Crippen LogP contribution in [0.2, 0.25) is 0 Å². The van der Waals surface area contributed by atoms with Crippen molar-refractivity contribution in [3.05, 3.63) is 24.3 Å². The number of carbonyl (C=O) groups is 2. The Labute approximate surface area is 181 Å². The smallest absolute Gasteiger partial charge is 0.233 e. The van der Waals surface area contributed by atoms with E-state index in [9.17, 15) is 9.59 Å². The Morgan fingerprint density at radius 2 is 1.73 bits per heavy atom. The standard InChI is InChI=1S/C21H29N5O3S/c1-4-5-10-26-20(17-6-8-18(29-3)9-7-17)22-23-21(26)30-15-19(28)25-13-11-24(12-14-25)16(2)27/h6-9H,4-5,10-15H2,1-3H3. The topological polar surface area (TPSA) is 80.6 Å². The lowest BCUT2D eigenvalue weighted by Crippen LogP contribution is -2.50. The first kappa shape index (κ1) is 22.1. The molecule has 1 aliphatic heterocycles. The molecule has 0 atom stereocenters. The van der Waals surface area contributed by atoms with Crippen LogP contribution in [0.5, 0.6) is 5.75 Å². The Morgan fingerprint density at radius 3 is 2.33 bits per heavy atom. The fourth-order valence-corrected chi connectivity index (χ4v) is 4.22. The summed E-state index contributed by atoms with van der Waals surface area (Å²) in [4.78, 5) is 27.7. The van der Waals surface area contributed by atoms with Crippen LogP contribution in [0.1, 0.15) is 26.7 Å². The summed E-state index contributed by atoms with van der Waals surface area (Å²) < 4.78 is 7.33. The van der Waals surface area contributed by atoms with Gasteiger partial charge in [-0.3, -0.25) is 9.59 Å². The molecule has 2 aromatic rings. The monoisotopic (exact) mass is 431 g/mol. The molecule has 8 nitrogen and oxygen atoms in total. The second kappa shape index (κ2) is 10.5. The highest BCUT2D eigenvalue weighted by Crippen LogP contribution is 2.26. The molecule has 2 heterocycles. The van der Waals surface area contributed by atoms with Gasteiger partial charge in [0.05, 0.1) is 12.9 Å². The molecule has 1 aliphatic rings. The Balaban J connectivity index is 1.67. The van der Waals surface area contributed by atoms with Gasteiger partial charge in [-0.15, -0.1) is 10.2 Å². The van der Waals surface area contributed by atoms with Crippen LogP contribution in [-0.2, 0) is 16.1 Å². The number of carbonyl (C=O) groups excluding carboxylic acids is 2. The number of hydrogen-bond donors (Lipinski definition) is 0. The minimum atomic E-state index is 0.0616. The molecule has 3 rings (SSSR count). The summed E-state index contributed by atoms with van der Waals surface area (Å²) in [6, 6.07) is 7.76. The van der Waals surface area contributed by atoms with Crippen molar-refractivity contribution in [1.82, 2.24) is 24.6 Å². The van der Waals surface area contributed by atoms with E-state index in [2.05, 4.69) is 21.7 Å². The maximum atomic E-state index is 12.7. The average Bonchev–Trinajstić information content (AvgIpc) is 3.18. The summed E-state index contributed by atoms with van der Waals surface area (Å²) in [5.74, 6) is 2.04. The molecule has 0 aliphatic carbocycles. The molecule has 0 radical (unpaired) electrons. The summed E-state index contributed by atoms with van der Waals surface area (Å²) in [7, 11) is 1.64. The lowest BCUT2D eigenvalue weighted by atomic mass is 10.2. The molecule has 2 amide bonds. The first-order chi connectivity index (χ1) is 14.5. The predicted molar refractivity (Wildman–Crippen MR) is 116 cm³/mol. The Morgan fingerprint density at radius 1 is 1.07 bits per heavy atom. The highest BCUT2D eigenvalue weighted by atomic mass is 32.2. The molecule has 0 N–H and O–H groups in total. The number of amides is 2. The Hall–Kier alpha value is -2.55. The van der Waals surface area contributed by atoms with E-state index in [0.717, 1.165) is 41.7 Å². The average molecular weight is 432 g/mol. The van der Waals surface area contributed by atoms with Gasteiger partial charge in [0.2, 0.25) is 11.8 Å². The van der Waals surface area contributed by atoms with Crippen LogP contribution in [0.3, 0.4) is 0 Å². The molecule has 1 saturated heterocycles. The summed E-state index contributed by atoms with van der Waals surface area (Å²) in [6.45, 7) is 6.88. The van der Waals surface area contributed by atoms with Crippen LogP contribution in [-0.4, -0.2) is 75.4 Å². The molecule has 0 unspecified atom stereocenters. The molecule has 0 spiro atoms. The SMILES string of the molecule is CCCCn1c(SCC(=O)N2CCN(C(C)=O)CC2)nnc1-c1ccc(OC)cc1. The van der Waals surface area contributed by atoms with Gasteiger partial charge in [-0.2, -0.15) is 0 Å². The van der Waals surface area contributed by atoms with Crippen LogP contribution >= 0.6 is 11.8 Å². The van der Waals surface area contributed by atoms with Gasteiger partial charge in [0, 0.05) is 45.2 Å². The number of thioether (sulfide) groups is 1. The first-order valence-electron chi connectivity index (χ1n) is 10.3. The number of ether oxygens (including phenoxy) is 1. The largest absolute Gasteiger partial charge is 0.497 e. The number of benzene rings is 1. The van der Waals surface area contributed by atoms with Gasteiger partial charge >= 0.3 is 0 Å². The molecular weight excluding hydrogens is 402 g/mol. The molecule has 1 aromatic carbocycles. The van der Waals surface area contributed by atoms with Crippen LogP contribution in [0.15, 0.2) is 29.4 Å². The molecule has 30 heavy (non-hydrogen) atoms. The van der Waals surface area contributed by atoms with E-state index in [4.69, 9.17) is 4.74 Å². The number of unbranched alkanes of at least 4 members (excludes halogenated alkanes) is 1. The van der Waals surface area contributed by atoms with Crippen LogP contribution in [0, 0.1) is 0 Å². The fourth-order valence-electron chi connectivity index (χ4n) is 3.36. The van der Waals surface area contributed by atoms with E-state index in [1.165, 1.54) is 11.8 Å². The van der Waals surface area contributed by atoms with Gasteiger partial charge in [0.1, 0.15) is 5.75 Å². The van der Waals surface area contributed by atoms with Gasteiger partial charge in [0.15, 0.2) is 11.0 Å². The number of nitrogens with zero attached hydrogens (tertiary/aromatic N) is 5. The zero-order valence-corrected chi connectivity index (χ0v) is 18.7. The number of rotatable bonds is 8. The van der Waals surface area contributed by atoms with Gasteiger partial charge in [-0.1, -0.05) is 25.1 Å². The number of hydrogen-bond acceptors (Lipinski definition) is 6. The van der Waals surface area contributed by atoms with E-state index in [1.807, 2.05) is 29.2 Å². The number of aromatic nitrogens is 3. The zero-order valence-electron chi connectivity index (χ0n) is 17.8. The normalized spacial score (nSPS) is 14.1. The lowest BCUT2D eigenvalue weighted by molar-refractivity contribution is -0.136. The van der Waals surface area contributed by atoms with Gasteiger partial charge in [0.25, 0.3) is 0 Å². The highest BCUT2D eigenvalue weighted by Gasteiger charge is 2.23. The van der Waals surface area contributed by atoms with Crippen molar-refractivity contribution in [3.63, 3.8) is 0 Å². The first-order valence-corrected chi connectivity index (χ1v) is 11.3. The molecule has 1 aromatic heterocycles. The third kappa shape index (κ3) is 5.33. The third-order valence-corrected chi connectivity index (χ3v) is 6.15. The molecule has 9 heteroatoms. The van der Waals surface area contributed by atoms with Crippen LogP contribution < -0.4 is 4.74 Å². The molecule has 0 bridgehead atoms. The Bertz CT molecular complexity index is 860. The van der Waals surface area contributed by atoms with E-state index in [0.29, 0.717) is 31.9 Å². The minimum absolute atomic E-state index is 0.0616. The van der Waals surface area contributed by atoms with E-state index >= 15 is 0 Å². The molecule has 0 saturated carbocycles. The van der Waals surface area contributed by atoms with Crippen LogP contribution in [0.25, 0.3) is 11.4 Å². The van der Waals surface area contributed by atoms with Crippen molar-refractivity contribution in [1.29, 1.82) is 0 Å². The number of piperazine rings is 1. The van der Waals surface area contributed by atoms with E-state index in [-0.39, 0.29) is 11.8 Å². The van der Waals surface area contributed by atoms with E-state index in [1.54, 1.807) is 18.9 Å². The number of methoxy groups -OCH3 is 1. The second-order valence-electron chi connectivity index (χ2n) is 7.22. The quantitative estimate of drug-likeness (QED) is 0.598. The second-order valence-corrected chi connectivity index (χ2v) is 8.16. The van der Waals surface area contributed by atoms with E-state index < -0.39 is 0 Å². The van der Waals surface area contributed by atoms with Gasteiger partial charge < -0.3 is 19.1 Å². The molecular formula is C21H29N5O3S. The van der Waals surface area contributed by atoms with Crippen molar-refractivity contribution in [2.24, 2.45) is 0 Å². The fraction of sp³-hybridized carbons (Fsp3) is 0.524. The Kier molecular flexibility index (Phi) is 7.73. The van der Waals surface area contributed by atoms with Crippen molar-refractivity contribution in [2.45, 2.75) is 38.4 Å². The molecule has 162 valence electrons. The molecule has 1 fully saturated rings. The maximum Gasteiger partial charge on any atom is 0.233 e. The summed E-state index contributed by atoms with van der Waals surface area (Å²) in [5, 5.41) is 9.51. The van der Waals surface area contributed by atoms with Crippen molar-refractivity contribution in [3.8, 4) is 17.1 Å². The summed E-state index contributed by atoms with van der Waals surface area (Å²) >= 11 is 1.42. The van der Waals surface area contributed by atoms with Gasteiger partial charge in [-0.25, -0.2) is 0 Å². The minimum Gasteiger partial charge on any atom is -0.497 e. The third-order valence-electron chi connectivity index (χ3n) is 5.20. The van der Waals surface area contributed by atoms with Crippen molar-refractivity contribution < 1.29 is 14.3 Å². The predicted octanol–water partition coefficient (Wildman–Crippen LogP) is 2.54. The summed E-state index contributed by atoms with van der Waals surface area (Å²) in [5.41, 5.74) is 0.970. The van der Waals surface area contributed by atoms with Crippen molar-refractivity contribution >= 4 is 23.6 Å². The maximum absolute atomic E-state index is 12.7. The van der Waals surface area contributed by atoms with Crippen LogP contribution in [0.4, 0.5) is 0 Å².